The van der Waals surface area contributed by atoms with Gasteiger partial charge in [-0.15, -0.1) is 0 Å². The molecule has 88 valence electrons. The van der Waals surface area contributed by atoms with Crippen molar-refractivity contribution in [3.8, 4) is 0 Å². The molecule has 2 nitrogen and oxygen atoms in total. The van der Waals surface area contributed by atoms with E-state index in [-0.39, 0.29) is 0 Å². The zero-order valence-corrected chi connectivity index (χ0v) is 10.1. The van der Waals surface area contributed by atoms with Gasteiger partial charge in [-0.05, 0) is 57.0 Å². The van der Waals surface area contributed by atoms with E-state index in [4.69, 9.17) is 5.73 Å². The van der Waals surface area contributed by atoms with Gasteiger partial charge in [0.25, 0.3) is 0 Å². The molecule has 0 radical (unpaired) electrons. The molecule has 0 aromatic heterocycles. The van der Waals surface area contributed by atoms with E-state index >= 15 is 0 Å². The van der Waals surface area contributed by atoms with E-state index < -0.39 is 0 Å². The topological polar surface area (TPSA) is 29.3 Å². The Morgan fingerprint density at radius 1 is 1.20 bits per heavy atom. The fourth-order valence-electron chi connectivity index (χ4n) is 3.41. The van der Waals surface area contributed by atoms with Gasteiger partial charge < -0.3 is 10.6 Å². The van der Waals surface area contributed by atoms with Crippen molar-refractivity contribution < 1.29 is 0 Å². The molecule has 2 aliphatic rings. The number of rotatable bonds is 4. The first kappa shape index (κ1) is 11.4. The minimum atomic E-state index is 0.884. The Kier molecular flexibility index (Phi) is 4.04. The molecule has 0 amide bonds. The second kappa shape index (κ2) is 5.31. The van der Waals surface area contributed by atoms with Crippen molar-refractivity contribution in [2.45, 2.75) is 51.5 Å². The highest BCUT2D eigenvalue weighted by Crippen LogP contribution is 2.34. The Balaban J connectivity index is 1.76. The maximum Gasteiger partial charge on any atom is 0.00981 e. The molecule has 0 spiro atoms. The molecule has 1 saturated heterocycles. The summed E-state index contributed by atoms with van der Waals surface area (Å²) in [4.78, 5) is 2.75. The van der Waals surface area contributed by atoms with Gasteiger partial charge in [0.15, 0.2) is 0 Å². The molecule has 2 N–H and O–H groups in total. The number of nitrogens with zero attached hydrogens (tertiary/aromatic N) is 1. The lowest BCUT2D eigenvalue weighted by atomic mass is 10.0. The Morgan fingerprint density at radius 3 is 2.73 bits per heavy atom. The molecule has 0 bridgehead atoms. The second-order valence-corrected chi connectivity index (χ2v) is 5.47. The lowest BCUT2D eigenvalue weighted by Crippen LogP contribution is -2.31. The van der Waals surface area contributed by atoms with Gasteiger partial charge in [0.1, 0.15) is 0 Å². The van der Waals surface area contributed by atoms with Crippen molar-refractivity contribution in [3.05, 3.63) is 0 Å². The van der Waals surface area contributed by atoms with Gasteiger partial charge in [-0.2, -0.15) is 0 Å². The van der Waals surface area contributed by atoms with Crippen molar-refractivity contribution in [2.24, 2.45) is 17.6 Å². The maximum atomic E-state index is 5.64. The first-order valence-corrected chi connectivity index (χ1v) is 6.77. The van der Waals surface area contributed by atoms with E-state index in [0.717, 1.165) is 24.4 Å². The molecule has 1 saturated carbocycles. The van der Waals surface area contributed by atoms with E-state index in [1.54, 1.807) is 0 Å². The van der Waals surface area contributed by atoms with Crippen LogP contribution in [0.3, 0.4) is 0 Å². The number of hydrogen-bond donors (Lipinski definition) is 1. The summed E-state index contributed by atoms with van der Waals surface area (Å²) >= 11 is 0. The van der Waals surface area contributed by atoms with Crippen LogP contribution in [-0.4, -0.2) is 30.6 Å². The molecule has 2 rings (SSSR count). The zero-order chi connectivity index (χ0) is 10.7. The summed E-state index contributed by atoms with van der Waals surface area (Å²) in [5.41, 5.74) is 5.64. The molecule has 0 aromatic rings. The molecule has 0 aromatic carbocycles. The first-order valence-electron chi connectivity index (χ1n) is 6.77. The maximum absolute atomic E-state index is 5.64. The van der Waals surface area contributed by atoms with E-state index in [9.17, 15) is 0 Å². The van der Waals surface area contributed by atoms with Crippen LogP contribution in [0.4, 0.5) is 0 Å². The van der Waals surface area contributed by atoms with Crippen molar-refractivity contribution in [3.63, 3.8) is 0 Å². The standard InChI is InChI=1S/C13H26N2/c1-2-11-6-8-15(10-11)13-4-3-12(9-13)5-7-14/h11-13H,2-10,14H2,1H3. The van der Waals surface area contributed by atoms with Crippen molar-refractivity contribution in [1.82, 2.24) is 4.90 Å². The summed E-state index contributed by atoms with van der Waals surface area (Å²) < 4.78 is 0. The molecule has 15 heavy (non-hydrogen) atoms. The molecule has 3 unspecified atom stereocenters. The number of nitrogens with two attached hydrogens (primary N) is 1. The van der Waals surface area contributed by atoms with Gasteiger partial charge in [-0.25, -0.2) is 0 Å². The summed E-state index contributed by atoms with van der Waals surface area (Å²) in [5, 5.41) is 0. The van der Waals surface area contributed by atoms with Crippen LogP contribution in [0, 0.1) is 11.8 Å². The molecule has 1 heterocycles. The highest BCUT2D eigenvalue weighted by molar-refractivity contribution is 4.87. The summed E-state index contributed by atoms with van der Waals surface area (Å²) in [6.07, 6.45) is 8.34. The predicted octanol–water partition coefficient (Wildman–Crippen LogP) is 2.24. The zero-order valence-electron chi connectivity index (χ0n) is 10.1. The molecular formula is C13H26N2. The van der Waals surface area contributed by atoms with Gasteiger partial charge in [0, 0.05) is 12.6 Å². The van der Waals surface area contributed by atoms with Gasteiger partial charge in [-0.1, -0.05) is 13.3 Å². The van der Waals surface area contributed by atoms with Crippen LogP contribution in [0.1, 0.15) is 45.4 Å². The third-order valence-electron chi connectivity index (χ3n) is 4.50. The smallest absolute Gasteiger partial charge is 0.00981 e. The van der Waals surface area contributed by atoms with Crippen LogP contribution in [0.15, 0.2) is 0 Å². The lowest BCUT2D eigenvalue weighted by molar-refractivity contribution is 0.230. The van der Waals surface area contributed by atoms with Gasteiger partial charge in [0.2, 0.25) is 0 Å². The normalized spacial score (nSPS) is 37.6. The molecule has 1 aliphatic heterocycles. The Bertz CT molecular complexity index is 193. The fourth-order valence-corrected chi connectivity index (χ4v) is 3.41. The lowest BCUT2D eigenvalue weighted by Gasteiger charge is -2.24. The van der Waals surface area contributed by atoms with Crippen LogP contribution < -0.4 is 5.73 Å². The van der Waals surface area contributed by atoms with Gasteiger partial charge in [0.05, 0.1) is 0 Å². The number of hydrogen-bond acceptors (Lipinski definition) is 2. The highest BCUT2D eigenvalue weighted by Gasteiger charge is 2.32. The molecule has 1 aliphatic carbocycles. The fraction of sp³-hybridized carbons (Fsp3) is 1.00. The summed E-state index contributed by atoms with van der Waals surface area (Å²) in [5.74, 6) is 1.92. The number of likely N-dealkylation sites (tertiary alicyclic amines) is 1. The predicted molar refractivity (Wildman–Crippen MR) is 64.8 cm³/mol. The van der Waals surface area contributed by atoms with E-state index in [1.807, 2.05) is 0 Å². The summed E-state index contributed by atoms with van der Waals surface area (Å²) in [6.45, 7) is 5.95. The average Bonchev–Trinajstić information content (AvgIpc) is 2.85. The van der Waals surface area contributed by atoms with E-state index in [0.29, 0.717) is 0 Å². The van der Waals surface area contributed by atoms with Crippen LogP contribution >= 0.6 is 0 Å². The third kappa shape index (κ3) is 2.73. The van der Waals surface area contributed by atoms with E-state index in [1.165, 1.54) is 51.6 Å². The summed E-state index contributed by atoms with van der Waals surface area (Å²) in [6, 6.07) is 0.901. The molecule has 2 fully saturated rings. The van der Waals surface area contributed by atoms with Crippen molar-refractivity contribution >= 4 is 0 Å². The Hall–Kier alpha value is -0.0800. The van der Waals surface area contributed by atoms with E-state index in [2.05, 4.69) is 11.8 Å². The third-order valence-corrected chi connectivity index (χ3v) is 4.50. The van der Waals surface area contributed by atoms with Crippen LogP contribution in [-0.2, 0) is 0 Å². The van der Waals surface area contributed by atoms with Gasteiger partial charge >= 0.3 is 0 Å². The minimum absolute atomic E-state index is 0.884. The minimum Gasteiger partial charge on any atom is -0.330 e. The summed E-state index contributed by atoms with van der Waals surface area (Å²) in [7, 11) is 0. The van der Waals surface area contributed by atoms with Crippen LogP contribution in [0.5, 0.6) is 0 Å². The largest absolute Gasteiger partial charge is 0.330 e. The van der Waals surface area contributed by atoms with Crippen LogP contribution in [0.2, 0.25) is 0 Å². The van der Waals surface area contributed by atoms with Gasteiger partial charge in [-0.3, -0.25) is 0 Å². The monoisotopic (exact) mass is 210 g/mol. The second-order valence-electron chi connectivity index (χ2n) is 5.47. The van der Waals surface area contributed by atoms with Crippen molar-refractivity contribution in [1.29, 1.82) is 0 Å². The van der Waals surface area contributed by atoms with Crippen molar-refractivity contribution in [2.75, 3.05) is 19.6 Å². The Morgan fingerprint density at radius 2 is 2.07 bits per heavy atom. The molecule has 3 atom stereocenters. The molecular weight excluding hydrogens is 184 g/mol. The first-order chi connectivity index (χ1) is 7.33. The van der Waals surface area contributed by atoms with Crippen LogP contribution in [0.25, 0.3) is 0 Å². The highest BCUT2D eigenvalue weighted by atomic mass is 15.2. The SMILES string of the molecule is CCC1CCN(C2CCC(CCN)C2)C1. The Labute approximate surface area is 94.2 Å². The quantitative estimate of drug-likeness (QED) is 0.771. The average molecular weight is 210 g/mol. The molecule has 2 heteroatoms.